The number of ether oxygens (including phenoxy) is 2. The molecule has 31 heavy (non-hydrogen) atoms. The number of halogens is 1. The number of carbonyl (C=O) groups excluding carboxylic acids is 3. The number of nitro groups is 1. The van der Waals surface area contributed by atoms with Gasteiger partial charge in [0.2, 0.25) is 5.75 Å². The second kappa shape index (κ2) is 9.83. The van der Waals surface area contributed by atoms with Crippen molar-refractivity contribution in [1.82, 2.24) is 5.32 Å². The Morgan fingerprint density at radius 2 is 1.84 bits per heavy atom. The maximum absolute atomic E-state index is 12.1. The lowest BCUT2D eigenvalue weighted by molar-refractivity contribution is -0.385. The third-order valence-electron chi connectivity index (χ3n) is 3.77. The quantitative estimate of drug-likeness (QED) is 0.318. The van der Waals surface area contributed by atoms with Gasteiger partial charge < -0.3 is 9.47 Å². The zero-order chi connectivity index (χ0) is 22.4. The van der Waals surface area contributed by atoms with Gasteiger partial charge in [-0.2, -0.15) is 0 Å². The molecule has 1 aromatic heterocycles. The number of thiophene rings is 1. The Kier molecular flexibility index (Phi) is 6.96. The van der Waals surface area contributed by atoms with Gasteiger partial charge in [-0.3, -0.25) is 25.0 Å². The predicted molar refractivity (Wildman–Crippen MR) is 112 cm³/mol. The van der Waals surface area contributed by atoms with Crippen LogP contribution in [0.25, 0.3) is 0 Å². The monoisotopic (exact) mass is 460 g/mol. The minimum absolute atomic E-state index is 0.0168. The van der Waals surface area contributed by atoms with Gasteiger partial charge in [0.25, 0.3) is 11.8 Å². The van der Waals surface area contributed by atoms with Crippen molar-refractivity contribution in [2.24, 2.45) is 0 Å². The summed E-state index contributed by atoms with van der Waals surface area (Å²) in [6, 6.07) is 12.8. The van der Waals surface area contributed by atoms with E-state index in [1.165, 1.54) is 47.7 Å². The van der Waals surface area contributed by atoms with Crippen molar-refractivity contribution in [3.8, 4) is 11.5 Å². The third kappa shape index (κ3) is 5.87. The molecule has 0 saturated heterocycles. The lowest BCUT2D eigenvalue weighted by atomic mass is 10.2. The minimum Gasteiger partial charge on any atom is -0.452 e. The Labute approximate surface area is 184 Å². The van der Waals surface area contributed by atoms with Crippen molar-refractivity contribution in [1.29, 1.82) is 0 Å². The number of rotatable bonds is 7. The van der Waals surface area contributed by atoms with E-state index in [-0.39, 0.29) is 27.8 Å². The van der Waals surface area contributed by atoms with E-state index < -0.39 is 29.3 Å². The van der Waals surface area contributed by atoms with Gasteiger partial charge in [0.05, 0.1) is 15.4 Å². The van der Waals surface area contributed by atoms with E-state index in [2.05, 4.69) is 5.32 Å². The van der Waals surface area contributed by atoms with Crippen LogP contribution in [0.2, 0.25) is 5.02 Å². The first-order valence-corrected chi connectivity index (χ1v) is 9.86. The van der Waals surface area contributed by atoms with Crippen LogP contribution in [0.3, 0.4) is 0 Å². The highest BCUT2D eigenvalue weighted by molar-refractivity contribution is 7.12. The van der Waals surface area contributed by atoms with Crippen LogP contribution in [0.5, 0.6) is 11.5 Å². The van der Waals surface area contributed by atoms with E-state index in [0.717, 1.165) is 6.07 Å². The lowest BCUT2D eigenvalue weighted by Gasteiger charge is -2.08. The van der Waals surface area contributed by atoms with Gasteiger partial charge in [0, 0.05) is 11.1 Å². The van der Waals surface area contributed by atoms with Crippen molar-refractivity contribution in [2.45, 2.75) is 0 Å². The lowest BCUT2D eigenvalue weighted by Crippen LogP contribution is -2.33. The average molecular weight is 461 g/mol. The van der Waals surface area contributed by atoms with Gasteiger partial charge in [-0.05, 0) is 47.8 Å². The Balaban J connectivity index is 1.56. The van der Waals surface area contributed by atoms with Crippen LogP contribution in [-0.2, 0) is 9.53 Å². The number of hydrogen-bond donors (Lipinski definition) is 1. The number of imide groups is 1. The molecule has 2 aromatic carbocycles. The van der Waals surface area contributed by atoms with Crippen LogP contribution in [-0.4, -0.2) is 29.3 Å². The van der Waals surface area contributed by atoms with Gasteiger partial charge in [0.1, 0.15) is 5.75 Å². The number of nitro benzene ring substituents is 1. The third-order valence-corrected chi connectivity index (χ3v) is 4.87. The van der Waals surface area contributed by atoms with Gasteiger partial charge in [0.15, 0.2) is 6.61 Å². The van der Waals surface area contributed by atoms with Gasteiger partial charge in [-0.1, -0.05) is 17.7 Å². The molecule has 0 saturated carbocycles. The number of amides is 2. The summed E-state index contributed by atoms with van der Waals surface area (Å²) in [6.45, 7) is -0.634. The molecule has 11 heteroatoms. The molecular formula is C20H13ClN2O7S. The highest BCUT2D eigenvalue weighted by atomic mass is 35.5. The van der Waals surface area contributed by atoms with Crippen molar-refractivity contribution < 1.29 is 28.8 Å². The molecule has 158 valence electrons. The smallest absolute Gasteiger partial charge is 0.338 e. The van der Waals surface area contributed by atoms with E-state index in [1.807, 2.05) is 0 Å². The van der Waals surface area contributed by atoms with E-state index in [9.17, 15) is 24.5 Å². The van der Waals surface area contributed by atoms with Crippen LogP contribution in [0.15, 0.2) is 60.0 Å². The molecule has 3 rings (SSSR count). The number of nitrogens with zero attached hydrogens (tertiary/aromatic N) is 1. The fraction of sp³-hybridized carbons (Fsp3) is 0.0500. The second-order valence-corrected chi connectivity index (χ2v) is 7.31. The first kappa shape index (κ1) is 21.9. The fourth-order valence-electron chi connectivity index (χ4n) is 2.35. The van der Waals surface area contributed by atoms with Crippen molar-refractivity contribution in [2.75, 3.05) is 6.61 Å². The number of esters is 1. The maximum Gasteiger partial charge on any atom is 0.338 e. The summed E-state index contributed by atoms with van der Waals surface area (Å²) in [4.78, 5) is 46.5. The molecule has 0 fully saturated rings. The molecule has 0 aliphatic carbocycles. The van der Waals surface area contributed by atoms with Crippen molar-refractivity contribution in [3.05, 3.63) is 85.6 Å². The normalized spacial score (nSPS) is 10.2. The zero-order valence-corrected chi connectivity index (χ0v) is 17.1. The molecule has 0 spiro atoms. The first-order chi connectivity index (χ1) is 14.8. The summed E-state index contributed by atoms with van der Waals surface area (Å²) in [6.07, 6.45) is 0. The molecule has 9 nitrogen and oxygen atoms in total. The standard InChI is InChI=1S/C20H13ClN2O7S/c21-13-5-8-16(15(10-13)23(27)28)30-14-6-3-12(4-7-14)20(26)29-11-18(24)22-19(25)17-2-1-9-31-17/h1-10H,11H2,(H,22,24,25). The van der Waals surface area contributed by atoms with Crippen molar-refractivity contribution in [3.63, 3.8) is 0 Å². The topological polar surface area (TPSA) is 125 Å². The van der Waals surface area contributed by atoms with Gasteiger partial charge in [-0.15, -0.1) is 11.3 Å². The predicted octanol–water partition coefficient (Wildman–Crippen LogP) is 4.22. The van der Waals surface area contributed by atoms with E-state index >= 15 is 0 Å². The highest BCUT2D eigenvalue weighted by Gasteiger charge is 2.17. The fourth-order valence-corrected chi connectivity index (χ4v) is 3.14. The summed E-state index contributed by atoms with van der Waals surface area (Å²) in [5.41, 5.74) is -0.186. The summed E-state index contributed by atoms with van der Waals surface area (Å²) >= 11 is 6.94. The van der Waals surface area contributed by atoms with Crippen molar-refractivity contribution >= 4 is 46.4 Å². The molecule has 0 radical (unpaired) electrons. The van der Waals surface area contributed by atoms with E-state index in [0.29, 0.717) is 4.88 Å². The molecule has 1 heterocycles. The SMILES string of the molecule is O=C(COC(=O)c1ccc(Oc2ccc(Cl)cc2[N+](=O)[O-])cc1)NC(=O)c1cccs1. The Hall–Kier alpha value is -3.76. The van der Waals surface area contributed by atoms with Crippen LogP contribution in [0, 0.1) is 10.1 Å². The summed E-state index contributed by atoms with van der Waals surface area (Å²) in [5.74, 6) is -1.91. The second-order valence-electron chi connectivity index (χ2n) is 5.93. The average Bonchev–Trinajstić information content (AvgIpc) is 3.29. The van der Waals surface area contributed by atoms with Crippen LogP contribution >= 0.6 is 22.9 Å². The summed E-state index contributed by atoms with van der Waals surface area (Å²) < 4.78 is 10.4. The Bertz CT molecular complexity index is 1130. The minimum atomic E-state index is -0.789. The summed E-state index contributed by atoms with van der Waals surface area (Å²) in [7, 11) is 0. The van der Waals surface area contributed by atoms with Gasteiger partial charge in [-0.25, -0.2) is 4.79 Å². The molecule has 1 N–H and O–H groups in total. The molecule has 0 aliphatic rings. The number of hydrogen-bond acceptors (Lipinski definition) is 8. The number of nitrogens with one attached hydrogen (secondary N) is 1. The van der Waals surface area contributed by atoms with Crippen LogP contribution in [0.1, 0.15) is 20.0 Å². The number of benzene rings is 2. The molecule has 0 aliphatic heterocycles. The Morgan fingerprint density at radius 3 is 2.48 bits per heavy atom. The molecular weight excluding hydrogens is 448 g/mol. The first-order valence-electron chi connectivity index (χ1n) is 8.60. The zero-order valence-electron chi connectivity index (χ0n) is 15.6. The maximum atomic E-state index is 12.1. The highest BCUT2D eigenvalue weighted by Crippen LogP contribution is 2.33. The Morgan fingerprint density at radius 1 is 1.10 bits per heavy atom. The molecule has 3 aromatic rings. The van der Waals surface area contributed by atoms with Gasteiger partial charge >= 0.3 is 11.7 Å². The molecule has 0 bridgehead atoms. The van der Waals surface area contributed by atoms with Crippen LogP contribution < -0.4 is 10.1 Å². The van der Waals surface area contributed by atoms with E-state index in [4.69, 9.17) is 21.1 Å². The molecule has 0 unspecified atom stereocenters. The largest absolute Gasteiger partial charge is 0.452 e. The summed E-state index contributed by atoms with van der Waals surface area (Å²) in [5, 5.41) is 15.1. The van der Waals surface area contributed by atoms with Crippen LogP contribution in [0.4, 0.5) is 5.69 Å². The molecule has 2 amide bonds. The van der Waals surface area contributed by atoms with E-state index in [1.54, 1.807) is 17.5 Å². The number of carbonyl (C=O) groups is 3. The molecule has 0 atom stereocenters.